The molecule has 0 saturated carbocycles. The van der Waals surface area contributed by atoms with E-state index in [-0.39, 0.29) is 24.2 Å². The lowest BCUT2D eigenvalue weighted by molar-refractivity contribution is 0.118. The molecule has 0 aromatic heterocycles. The third-order valence-corrected chi connectivity index (χ3v) is 8.05. The second-order valence-electron chi connectivity index (χ2n) is 8.21. The van der Waals surface area contributed by atoms with Gasteiger partial charge in [0.05, 0.1) is 18.5 Å². The Bertz CT molecular complexity index is 1120. The number of fused-ring (bicyclic) bond motifs is 1. The molecule has 0 aliphatic carbocycles. The van der Waals surface area contributed by atoms with E-state index in [1.54, 1.807) is 6.07 Å². The lowest BCUT2D eigenvalue weighted by Gasteiger charge is -2.16. The molecule has 0 unspecified atom stereocenters. The Hall–Kier alpha value is -2.44. The van der Waals surface area contributed by atoms with E-state index in [0.717, 1.165) is 35.1 Å². The Balaban J connectivity index is 1.60. The van der Waals surface area contributed by atoms with Gasteiger partial charge in [0.15, 0.2) is 21.4 Å². The molecule has 2 aromatic carbocycles. The van der Waals surface area contributed by atoms with Crippen LogP contribution in [0.5, 0.6) is 5.75 Å². The predicted octanol–water partition coefficient (Wildman–Crippen LogP) is 5.14. The largest absolute Gasteiger partial charge is 0.505 e. The number of hydrogen-bond acceptors (Lipinski definition) is 4. The molecule has 1 N–H and O–H groups in total. The number of ether oxygens (including phenoxy) is 1. The molecular weight excluding hydrogens is 415 g/mol. The first-order valence-corrected chi connectivity index (χ1v) is 12.4. The molecule has 4 nitrogen and oxygen atoms in total. The second kappa shape index (κ2) is 8.97. The Labute approximate surface area is 183 Å². The molecule has 4 rings (SSSR count). The van der Waals surface area contributed by atoms with E-state index in [9.17, 15) is 17.9 Å². The monoisotopic (exact) mass is 442 g/mol. The molecule has 31 heavy (non-hydrogen) atoms. The average Bonchev–Trinajstić information content (AvgIpc) is 3.28. The maximum Gasteiger partial charge on any atom is 0.165 e. The molecule has 6 heteroatoms. The molecule has 2 heterocycles. The van der Waals surface area contributed by atoms with Crippen LogP contribution in [0.1, 0.15) is 43.7 Å². The van der Waals surface area contributed by atoms with E-state index in [2.05, 4.69) is 6.92 Å². The van der Waals surface area contributed by atoms with Crippen molar-refractivity contribution in [2.24, 2.45) is 0 Å². The molecule has 0 bridgehead atoms. The Morgan fingerprint density at radius 3 is 2.71 bits per heavy atom. The van der Waals surface area contributed by atoms with Gasteiger partial charge >= 0.3 is 0 Å². The Morgan fingerprint density at radius 2 is 2.00 bits per heavy atom. The number of halogens is 1. The van der Waals surface area contributed by atoms with Crippen molar-refractivity contribution >= 4 is 21.5 Å². The van der Waals surface area contributed by atoms with Gasteiger partial charge in [0.25, 0.3) is 0 Å². The smallest absolute Gasteiger partial charge is 0.165 e. The predicted molar refractivity (Wildman–Crippen MR) is 121 cm³/mol. The first-order chi connectivity index (χ1) is 14.9. The van der Waals surface area contributed by atoms with Crippen LogP contribution in [0.2, 0.25) is 0 Å². The van der Waals surface area contributed by atoms with Crippen LogP contribution >= 0.6 is 0 Å². The van der Waals surface area contributed by atoms with Gasteiger partial charge in [-0.05, 0) is 53.7 Å². The van der Waals surface area contributed by atoms with Crippen molar-refractivity contribution in [2.45, 2.75) is 44.0 Å². The molecule has 1 saturated heterocycles. The maximum atomic E-state index is 13.8. The Kier molecular flexibility index (Phi) is 6.30. The van der Waals surface area contributed by atoms with Gasteiger partial charge in [-0.1, -0.05) is 61.4 Å². The highest BCUT2D eigenvalue weighted by Gasteiger charge is 2.46. The topological polar surface area (TPSA) is 63.6 Å². The minimum absolute atomic E-state index is 0.162. The van der Waals surface area contributed by atoms with E-state index < -0.39 is 20.9 Å². The minimum Gasteiger partial charge on any atom is -0.505 e. The van der Waals surface area contributed by atoms with Crippen LogP contribution in [0, 0.1) is 5.82 Å². The van der Waals surface area contributed by atoms with Gasteiger partial charge in [-0.2, -0.15) is 0 Å². The summed E-state index contributed by atoms with van der Waals surface area (Å²) >= 11 is 0. The summed E-state index contributed by atoms with van der Waals surface area (Å²) in [7, 11) is -3.16. The fourth-order valence-electron chi connectivity index (χ4n) is 4.58. The van der Waals surface area contributed by atoms with Gasteiger partial charge in [0, 0.05) is 0 Å². The third kappa shape index (κ3) is 4.60. The van der Waals surface area contributed by atoms with Gasteiger partial charge in [0.2, 0.25) is 0 Å². The summed E-state index contributed by atoms with van der Waals surface area (Å²) in [5.74, 6) is -0.871. The number of aromatic hydroxyl groups is 1. The first kappa shape index (κ1) is 21.8. The van der Waals surface area contributed by atoms with Gasteiger partial charge in [0.1, 0.15) is 5.25 Å². The normalized spacial score (nSPS) is 22.7. The number of benzene rings is 2. The van der Waals surface area contributed by atoms with Gasteiger partial charge < -0.3 is 9.84 Å². The zero-order valence-corrected chi connectivity index (χ0v) is 18.4. The van der Waals surface area contributed by atoms with Crippen molar-refractivity contribution in [2.75, 3.05) is 12.4 Å². The van der Waals surface area contributed by atoms with E-state index in [1.807, 2.05) is 36.4 Å². The van der Waals surface area contributed by atoms with E-state index in [0.29, 0.717) is 18.4 Å². The third-order valence-electron chi connectivity index (χ3n) is 6.04. The lowest BCUT2D eigenvalue weighted by Crippen LogP contribution is -2.19. The highest BCUT2D eigenvalue weighted by Crippen LogP contribution is 2.40. The Morgan fingerprint density at radius 1 is 1.23 bits per heavy atom. The van der Waals surface area contributed by atoms with E-state index in [1.165, 1.54) is 12.1 Å². The van der Waals surface area contributed by atoms with Crippen LogP contribution in [0.15, 0.2) is 59.7 Å². The number of hydrogen-bond donors (Lipinski definition) is 1. The molecule has 0 radical (unpaired) electrons. The summed E-state index contributed by atoms with van der Waals surface area (Å²) in [6.07, 6.45) is 4.74. The summed E-state index contributed by atoms with van der Waals surface area (Å²) in [6, 6.07) is 14.2. The van der Waals surface area contributed by atoms with E-state index in [4.69, 9.17) is 4.74 Å². The van der Waals surface area contributed by atoms with Crippen LogP contribution in [-0.2, 0) is 14.6 Å². The van der Waals surface area contributed by atoms with Crippen molar-refractivity contribution in [3.63, 3.8) is 0 Å². The number of phenolic OH excluding ortho intramolecular Hbond substituents is 1. The maximum absolute atomic E-state index is 13.8. The summed E-state index contributed by atoms with van der Waals surface area (Å²) in [5.41, 5.74) is 4.70. The summed E-state index contributed by atoms with van der Waals surface area (Å²) in [5, 5.41) is 8.98. The minimum atomic E-state index is -3.16. The summed E-state index contributed by atoms with van der Waals surface area (Å²) in [4.78, 5) is 0. The summed E-state index contributed by atoms with van der Waals surface area (Å²) < 4.78 is 44.9. The quantitative estimate of drug-likeness (QED) is 0.476. The highest BCUT2D eigenvalue weighted by atomic mass is 32.2. The highest BCUT2D eigenvalue weighted by molar-refractivity contribution is 7.92. The molecule has 2 atom stereocenters. The van der Waals surface area contributed by atoms with Crippen LogP contribution in [0.3, 0.4) is 0 Å². The SMILES string of the molecule is CCCC1=C2[C@@H](CC/C(=C/c3ccc(O)c(F)c3)c3ccccc3)OC[C@@H]2S(=O)(=O)C1. The number of rotatable bonds is 7. The van der Waals surface area contributed by atoms with Crippen LogP contribution in [-0.4, -0.2) is 37.2 Å². The lowest BCUT2D eigenvalue weighted by atomic mass is 9.92. The van der Waals surface area contributed by atoms with Crippen molar-refractivity contribution < 1.29 is 22.7 Å². The zero-order chi connectivity index (χ0) is 22.0. The van der Waals surface area contributed by atoms with Crippen LogP contribution in [0.4, 0.5) is 4.39 Å². The standard InChI is InChI=1S/C25H27FO4S/c1-2-6-20-16-31(28,29)24-15-30-23(25(20)24)12-10-19(18-7-4-3-5-8-18)13-17-9-11-22(27)21(26)14-17/h3-5,7-9,11,13-14,23-24,27H,2,6,10,12,15-16H2,1H3/b19-13-/t23-,24+/m1/s1. The molecule has 0 amide bonds. The van der Waals surface area contributed by atoms with Crippen molar-refractivity contribution in [1.82, 2.24) is 0 Å². The molecule has 1 fully saturated rings. The van der Waals surface area contributed by atoms with Gasteiger partial charge in [-0.3, -0.25) is 0 Å². The first-order valence-electron chi connectivity index (χ1n) is 10.7. The van der Waals surface area contributed by atoms with Crippen molar-refractivity contribution in [1.29, 1.82) is 0 Å². The fraction of sp³-hybridized carbons (Fsp3) is 0.360. The molecule has 2 aliphatic rings. The molecular formula is C25H27FO4S. The van der Waals surface area contributed by atoms with Crippen LogP contribution < -0.4 is 0 Å². The molecule has 2 aliphatic heterocycles. The van der Waals surface area contributed by atoms with E-state index >= 15 is 0 Å². The van der Waals surface area contributed by atoms with Crippen LogP contribution in [0.25, 0.3) is 11.6 Å². The number of allylic oxidation sites excluding steroid dienone is 1. The fourth-order valence-corrected chi connectivity index (χ4v) is 6.57. The van der Waals surface area contributed by atoms with Gasteiger partial charge in [-0.15, -0.1) is 0 Å². The second-order valence-corrected chi connectivity index (χ2v) is 10.4. The molecule has 164 valence electrons. The number of phenols is 1. The average molecular weight is 443 g/mol. The molecule has 0 spiro atoms. The van der Waals surface area contributed by atoms with Gasteiger partial charge in [-0.25, -0.2) is 12.8 Å². The van der Waals surface area contributed by atoms with Crippen molar-refractivity contribution in [3.05, 3.63) is 76.6 Å². The summed E-state index contributed by atoms with van der Waals surface area (Å²) in [6.45, 7) is 2.30. The molecule has 2 aromatic rings. The zero-order valence-electron chi connectivity index (χ0n) is 17.6. The van der Waals surface area contributed by atoms with Crippen molar-refractivity contribution in [3.8, 4) is 5.75 Å². The number of sulfone groups is 1.